The molecule has 96 valence electrons. The Bertz CT molecular complexity index is 673. The first kappa shape index (κ1) is 12.5. The Balaban J connectivity index is 2.73. The summed E-state index contributed by atoms with van der Waals surface area (Å²) in [5.41, 5.74) is -0.634. The molecule has 1 aromatic heterocycles. The summed E-state index contributed by atoms with van der Waals surface area (Å²) < 4.78 is 4.37. The maximum absolute atomic E-state index is 11.6. The highest BCUT2D eigenvalue weighted by Crippen LogP contribution is 2.22. The fourth-order valence-corrected chi connectivity index (χ4v) is 1.73. The van der Waals surface area contributed by atoms with Crippen molar-refractivity contribution < 1.29 is 19.7 Å². The predicted molar refractivity (Wildman–Crippen MR) is 61.2 cm³/mol. The summed E-state index contributed by atoms with van der Waals surface area (Å²) in [5.74, 6) is -0.901. The number of aliphatic hydroxyl groups is 3. The van der Waals surface area contributed by atoms with Crippen LogP contribution in [-0.4, -0.2) is 33.0 Å². The van der Waals surface area contributed by atoms with Crippen molar-refractivity contribution in [3.05, 3.63) is 44.7 Å². The highest BCUT2D eigenvalue weighted by Gasteiger charge is 2.21. The van der Waals surface area contributed by atoms with Crippen molar-refractivity contribution in [1.82, 2.24) is 4.98 Å². The lowest BCUT2D eigenvalue weighted by Gasteiger charge is -2.16. The van der Waals surface area contributed by atoms with Gasteiger partial charge in [0.25, 0.3) is 0 Å². The minimum absolute atomic E-state index is 0.0305. The van der Waals surface area contributed by atoms with Crippen molar-refractivity contribution in [1.29, 1.82) is 0 Å². The zero-order valence-corrected chi connectivity index (χ0v) is 9.16. The van der Waals surface area contributed by atoms with Crippen molar-refractivity contribution in [3.63, 3.8) is 0 Å². The normalized spacial score (nSPS) is 14.6. The summed E-state index contributed by atoms with van der Waals surface area (Å²) in [6.07, 6.45) is -2.88. The number of aliphatic hydroxyl groups excluding tert-OH is 3. The van der Waals surface area contributed by atoms with Gasteiger partial charge in [0.1, 0.15) is 12.2 Å². The van der Waals surface area contributed by atoms with E-state index >= 15 is 0 Å². The zero-order chi connectivity index (χ0) is 13.3. The van der Waals surface area contributed by atoms with E-state index in [9.17, 15) is 19.8 Å². The maximum Gasteiger partial charge on any atom is 0.419 e. The van der Waals surface area contributed by atoms with Gasteiger partial charge in [0, 0.05) is 0 Å². The Labute approximate surface area is 99.9 Å². The maximum atomic E-state index is 11.6. The number of hydrogen-bond acceptors (Lipinski definition) is 6. The van der Waals surface area contributed by atoms with Gasteiger partial charge in [-0.15, -0.1) is 0 Å². The fraction of sp³-hybridized carbons (Fsp3) is 0.273. The van der Waals surface area contributed by atoms with Crippen LogP contribution in [0.15, 0.2) is 32.2 Å². The smallest absolute Gasteiger partial charge is 0.394 e. The Morgan fingerprint density at radius 2 is 2.00 bits per heavy atom. The van der Waals surface area contributed by atoms with Crippen molar-refractivity contribution in [2.75, 3.05) is 6.61 Å². The van der Waals surface area contributed by atoms with Gasteiger partial charge < -0.3 is 19.7 Å². The van der Waals surface area contributed by atoms with E-state index in [4.69, 9.17) is 5.11 Å². The van der Waals surface area contributed by atoms with Crippen LogP contribution in [0.2, 0.25) is 0 Å². The highest BCUT2D eigenvalue weighted by atomic mass is 16.4. The number of hydrogen-bond donors (Lipinski definition) is 4. The van der Waals surface area contributed by atoms with Gasteiger partial charge in [0.2, 0.25) is 0 Å². The molecule has 0 fully saturated rings. The van der Waals surface area contributed by atoms with E-state index in [0.717, 1.165) is 0 Å². The molecule has 0 aliphatic heterocycles. The number of H-pyrrole nitrogens is 1. The van der Waals surface area contributed by atoms with Gasteiger partial charge >= 0.3 is 11.4 Å². The van der Waals surface area contributed by atoms with E-state index < -0.39 is 30.2 Å². The second kappa shape index (κ2) is 4.73. The van der Waals surface area contributed by atoms with E-state index in [1.54, 1.807) is 0 Å². The quantitative estimate of drug-likeness (QED) is 0.548. The molecule has 2 rings (SSSR count). The molecular weight excluding hydrogens is 242 g/mol. The van der Waals surface area contributed by atoms with Crippen molar-refractivity contribution in [2.24, 2.45) is 0 Å². The van der Waals surface area contributed by atoms with Crippen molar-refractivity contribution >= 4 is 10.9 Å². The fourth-order valence-electron chi connectivity index (χ4n) is 1.73. The van der Waals surface area contributed by atoms with Crippen LogP contribution in [0.25, 0.3) is 10.9 Å². The number of fused-ring (bicyclic) bond motifs is 1. The molecule has 0 saturated heterocycles. The van der Waals surface area contributed by atoms with E-state index in [2.05, 4.69) is 9.40 Å². The molecule has 18 heavy (non-hydrogen) atoms. The first-order valence-corrected chi connectivity index (χ1v) is 5.17. The van der Waals surface area contributed by atoms with E-state index in [1.165, 1.54) is 18.2 Å². The number of rotatable bonds is 3. The molecule has 4 N–H and O–H groups in total. The monoisotopic (exact) mass is 253 g/mol. The third-order valence-corrected chi connectivity index (χ3v) is 2.59. The molecule has 0 bridgehead atoms. The second-order valence-corrected chi connectivity index (χ2v) is 3.77. The van der Waals surface area contributed by atoms with Gasteiger partial charge in [-0.05, 0) is 11.6 Å². The van der Waals surface area contributed by atoms with Crippen LogP contribution in [0.4, 0.5) is 0 Å². The van der Waals surface area contributed by atoms with E-state index in [-0.39, 0.29) is 16.5 Å². The summed E-state index contributed by atoms with van der Waals surface area (Å²) in [4.78, 5) is 24.9. The van der Waals surface area contributed by atoms with Gasteiger partial charge in [-0.2, -0.15) is 0 Å². The van der Waals surface area contributed by atoms with Gasteiger partial charge in [0.05, 0.1) is 17.5 Å². The molecule has 1 heterocycles. The Morgan fingerprint density at radius 1 is 1.28 bits per heavy atom. The average Bonchev–Trinajstić information content (AvgIpc) is 2.35. The van der Waals surface area contributed by atoms with Crippen LogP contribution in [0.5, 0.6) is 0 Å². The molecule has 2 aromatic rings. The first-order chi connectivity index (χ1) is 8.54. The average molecular weight is 253 g/mol. The molecule has 0 aliphatic carbocycles. The minimum Gasteiger partial charge on any atom is -0.394 e. The minimum atomic E-state index is -1.45. The largest absolute Gasteiger partial charge is 0.419 e. The molecule has 0 radical (unpaired) electrons. The third-order valence-electron chi connectivity index (χ3n) is 2.59. The van der Waals surface area contributed by atoms with Crippen LogP contribution in [-0.2, 0) is 0 Å². The lowest BCUT2D eigenvalue weighted by Crippen LogP contribution is -2.24. The van der Waals surface area contributed by atoms with E-state index in [1.807, 2.05) is 0 Å². The van der Waals surface area contributed by atoms with Crippen LogP contribution in [0, 0.1) is 0 Å². The first-order valence-electron chi connectivity index (χ1n) is 5.17. The molecule has 7 heteroatoms. The molecule has 2 atom stereocenters. The number of aromatic amines is 1. The van der Waals surface area contributed by atoms with Crippen LogP contribution in [0.3, 0.4) is 0 Å². The SMILES string of the molecule is O=c1[nH]c2cccc(C(O)C(O)CO)c2c(=O)o1. The summed E-state index contributed by atoms with van der Waals surface area (Å²) in [6, 6.07) is 4.37. The van der Waals surface area contributed by atoms with Gasteiger partial charge in [-0.25, -0.2) is 9.59 Å². The Hall–Kier alpha value is -1.96. The molecule has 7 nitrogen and oxygen atoms in total. The van der Waals surface area contributed by atoms with E-state index in [0.29, 0.717) is 0 Å². The van der Waals surface area contributed by atoms with Crippen LogP contribution < -0.4 is 11.4 Å². The highest BCUT2D eigenvalue weighted by molar-refractivity contribution is 5.81. The summed E-state index contributed by atoms with van der Waals surface area (Å²) in [6.45, 7) is -0.660. The summed E-state index contributed by atoms with van der Waals surface area (Å²) in [7, 11) is 0. The molecule has 0 saturated carbocycles. The lowest BCUT2D eigenvalue weighted by atomic mass is 10.0. The Morgan fingerprint density at radius 3 is 2.67 bits per heavy atom. The molecule has 0 amide bonds. The van der Waals surface area contributed by atoms with Crippen LogP contribution >= 0.6 is 0 Å². The van der Waals surface area contributed by atoms with Crippen LogP contribution in [0.1, 0.15) is 11.7 Å². The molecule has 0 aliphatic rings. The molecule has 1 aromatic carbocycles. The Kier molecular flexibility index (Phi) is 3.28. The zero-order valence-electron chi connectivity index (χ0n) is 9.16. The molecule has 2 unspecified atom stereocenters. The molecule has 0 spiro atoms. The summed E-state index contributed by atoms with van der Waals surface area (Å²) in [5, 5.41) is 27.9. The predicted octanol–water partition coefficient (Wildman–Crippen LogP) is -1.13. The number of nitrogens with one attached hydrogen (secondary N) is 1. The van der Waals surface area contributed by atoms with Crippen molar-refractivity contribution in [3.8, 4) is 0 Å². The molecular formula is C11H11NO6. The van der Waals surface area contributed by atoms with Crippen molar-refractivity contribution in [2.45, 2.75) is 12.2 Å². The second-order valence-electron chi connectivity index (χ2n) is 3.77. The van der Waals surface area contributed by atoms with Gasteiger partial charge in [0.15, 0.2) is 0 Å². The topological polar surface area (TPSA) is 124 Å². The lowest BCUT2D eigenvalue weighted by molar-refractivity contribution is -0.0146. The number of aromatic nitrogens is 1. The summed E-state index contributed by atoms with van der Waals surface area (Å²) >= 11 is 0. The standard InChI is InChI=1S/C11H11NO6/c13-4-7(14)9(15)5-2-1-3-6-8(5)10(16)18-11(17)12-6/h1-3,7,9,13-15H,4H2,(H,12,17). The van der Waals surface area contributed by atoms with Gasteiger partial charge in [-0.3, -0.25) is 4.98 Å². The van der Waals surface area contributed by atoms with Gasteiger partial charge in [-0.1, -0.05) is 12.1 Å². The third kappa shape index (κ3) is 2.06. The number of benzene rings is 1.